The standard InChI is InChI=1S/C7H4BrIN4/c8-6-3-5(1-2-7(6)9)13-4-10-11-12-13/h1-4H. The molecule has 13 heavy (non-hydrogen) atoms. The van der Waals surface area contributed by atoms with E-state index in [2.05, 4.69) is 54.0 Å². The summed E-state index contributed by atoms with van der Waals surface area (Å²) >= 11 is 5.69. The SMILES string of the molecule is Brc1cc(-n2cnnn2)ccc1I. The number of aromatic nitrogens is 4. The van der Waals surface area contributed by atoms with Gasteiger partial charge in [0.25, 0.3) is 0 Å². The van der Waals surface area contributed by atoms with Crippen molar-refractivity contribution in [2.24, 2.45) is 0 Å². The summed E-state index contributed by atoms with van der Waals surface area (Å²) in [6.45, 7) is 0. The monoisotopic (exact) mass is 350 g/mol. The van der Waals surface area contributed by atoms with Gasteiger partial charge in [-0.1, -0.05) is 0 Å². The van der Waals surface area contributed by atoms with Crippen molar-refractivity contribution in [2.45, 2.75) is 0 Å². The lowest BCUT2D eigenvalue weighted by atomic mass is 10.3. The van der Waals surface area contributed by atoms with Gasteiger partial charge in [-0.2, -0.15) is 0 Å². The van der Waals surface area contributed by atoms with Crippen LogP contribution in [0, 0.1) is 3.57 Å². The Kier molecular flexibility index (Phi) is 2.58. The van der Waals surface area contributed by atoms with Gasteiger partial charge >= 0.3 is 0 Å². The van der Waals surface area contributed by atoms with Gasteiger partial charge in [0.2, 0.25) is 0 Å². The first kappa shape index (κ1) is 9.07. The van der Waals surface area contributed by atoms with Crippen molar-refractivity contribution in [2.75, 3.05) is 0 Å². The molecule has 1 heterocycles. The highest BCUT2D eigenvalue weighted by Crippen LogP contribution is 2.21. The lowest BCUT2D eigenvalue weighted by Gasteiger charge is -2.00. The summed E-state index contributed by atoms with van der Waals surface area (Å²) in [7, 11) is 0. The lowest BCUT2D eigenvalue weighted by molar-refractivity contribution is 0.788. The van der Waals surface area contributed by atoms with Crippen LogP contribution in [0.5, 0.6) is 0 Å². The molecule has 1 aromatic carbocycles. The topological polar surface area (TPSA) is 43.6 Å². The summed E-state index contributed by atoms with van der Waals surface area (Å²) < 4.78 is 3.82. The number of halogens is 2. The molecule has 0 saturated carbocycles. The Labute approximate surface area is 96.6 Å². The number of tetrazole rings is 1. The van der Waals surface area contributed by atoms with Crippen molar-refractivity contribution in [1.29, 1.82) is 0 Å². The molecule has 0 radical (unpaired) electrons. The van der Waals surface area contributed by atoms with Gasteiger partial charge in [0.15, 0.2) is 0 Å². The fraction of sp³-hybridized carbons (Fsp3) is 0. The highest BCUT2D eigenvalue weighted by atomic mass is 127. The van der Waals surface area contributed by atoms with Crippen LogP contribution >= 0.6 is 38.5 Å². The summed E-state index contributed by atoms with van der Waals surface area (Å²) in [5.74, 6) is 0. The maximum atomic E-state index is 3.79. The summed E-state index contributed by atoms with van der Waals surface area (Å²) in [5.41, 5.74) is 0.942. The van der Waals surface area contributed by atoms with Gasteiger partial charge in [-0.3, -0.25) is 0 Å². The highest BCUT2D eigenvalue weighted by molar-refractivity contribution is 14.1. The molecule has 0 amide bonds. The molecule has 2 aromatic rings. The van der Waals surface area contributed by atoms with E-state index < -0.39 is 0 Å². The molecular weight excluding hydrogens is 347 g/mol. The predicted molar refractivity (Wildman–Crippen MR) is 59.6 cm³/mol. The molecule has 0 bridgehead atoms. The number of hydrogen-bond donors (Lipinski definition) is 0. The molecule has 0 aliphatic rings. The van der Waals surface area contributed by atoms with E-state index in [1.165, 1.54) is 0 Å². The van der Waals surface area contributed by atoms with Gasteiger partial charge in [-0.05, 0) is 67.1 Å². The van der Waals surface area contributed by atoms with E-state index in [0.717, 1.165) is 13.7 Å². The van der Waals surface area contributed by atoms with Crippen LogP contribution in [0.2, 0.25) is 0 Å². The first-order chi connectivity index (χ1) is 6.27. The summed E-state index contributed by atoms with van der Waals surface area (Å²) in [4.78, 5) is 0. The van der Waals surface area contributed by atoms with E-state index in [0.29, 0.717) is 0 Å². The van der Waals surface area contributed by atoms with Crippen LogP contribution in [0.1, 0.15) is 0 Å². The van der Waals surface area contributed by atoms with Gasteiger partial charge in [0.1, 0.15) is 6.33 Å². The van der Waals surface area contributed by atoms with Crippen molar-refractivity contribution in [1.82, 2.24) is 20.2 Å². The Hall–Kier alpha value is -0.500. The molecule has 66 valence electrons. The van der Waals surface area contributed by atoms with Gasteiger partial charge in [-0.15, -0.1) is 5.10 Å². The van der Waals surface area contributed by atoms with Crippen LogP contribution < -0.4 is 0 Å². The number of benzene rings is 1. The van der Waals surface area contributed by atoms with Crippen molar-refractivity contribution < 1.29 is 0 Å². The van der Waals surface area contributed by atoms with Gasteiger partial charge in [0.05, 0.1) is 5.69 Å². The second-order valence-corrected chi connectivity index (χ2v) is 4.37. The summed E-state index contributed by atoms with van der Waals surface area (Å²) in [5, 5.41) is 10.9. The van der Waals surface area contributed by atoms with Crippen LogP contribution in [-0.2, 0) is 0 Å². The minimum atomic E-state index is 0.942. The van der Waals surface area contributed by atoms with Crippen molar-refractivity contribution in [3.8, 4) is 5.69 Å². The molecule has 0 fully saturated rings. The molecule has 0 aliphatic carbocycles. The van der Waals surface area contributed by atoms with Crippen molar-refractivity contribution in [3.05, 3.63) is 32.6 Å². The zero-order chi connectivity index (χ0) is 9.26. The molecule has 0 unspecified atom stereocenters. The Balaban J connectivity index is 2.49. The second-order valence-electron chi connectivity index (χ2n) is 2.35. The Morgan fingerprint density at radius 2 is 2.23 bits per heavy atom. The number of hydrogen-bond acceptors (Lipinski definition) is 3. The second kappa shape index (κ2) is 3.70. The Bertz CT molecular complexity index is 414. The largest absolute Gasteiger partial charge is 0.201 e. The Morgan fingerprint density at radius 1 is 1.38 bits per heavy atom. The third kappa shape index (κ3) is 1.88. The average molecular weight is 351 g/mol. The van der Waals surface area contributed by atoms with Crippen LogP contribution in [0.3, 0.4) is 0 Å². The maximum Gasteiger partial charge on any atom is 0.143 e. The molecule has 2 rings (SSSR count). The summed E-state index contributed by atoms with van der Waals surface area (Å²) in [6.07, 6.45) is 1.56. The molecule has 1 aromatic heterocycles. The normalized spacial score (nSPS) is 10.3. The first-order valence-electron chi connectivity index (χ1n) is 3.46. The van der Waals surface area contributed by atoms with Gasteiger partial charge in [-0.25, -0.2) is 4.68 Å². The molecule has 0 atom stereocenters. The molecule has 0 saturated heterocycles. The van der Waals surface area contributed by atoms with Crippen molar-refractivity contribution in [3.63, 3.8) is 0 Å². The zero-order valence-corrected chi connectivity index (χ0v) is 10.1. The van der Waals surface area contributed by atoms with E-state index >= 15 is 0 Å². The molecule has 0 aliphatic heterocycles. The lowest BCUT2D eigenvalue weighted by Crippen LogP contribution is -1.95. The smallest absolute Gasteiger partial charge is 0.143 e. The average Bonchev–Trinajstić information content (AvgIpc) is 2.62. The number of nitrogens with zero attached hydrogens (tertiary/aromatic N) is 4. The van der Waals surface area contributed by atoms with E-state index in [4.69, 9.17) is 0 Å². The van der Waals surface area contributed by atoms with Crippen molar-refractivity contribution >= 4 is 38.5 Å². The van der Waals surface area contributed by atoms with E-state index in [-0.39, 0.29) is 0 Å². The quantitative estimate of drug-likeness (QED) is 0.739. The van der Waals surface area contributed by atoms with Gasteiger partial charge in [0, 0.05) is 8.04 Å². The third-order valence-corrected chi connectivity index (χ3v) is 3.85. The molecule has 0 N–H and O–H groups in total. The van der Waals surface area contributed by atoms with E-state index in [1.807, 2.05) is 18.2 Å². The fourth-order valence-electron chi connectivity index (χ4n) is 0.907. The molecular formula is C7H4BrIN4. The Morgan fingerprint density at radius 3 is 2.85 bits per heavy atom. The van der Waals surface area contributed by atoms with E-state index in [9.17, 15) is 0 Å². The zero-order valence-electron chi connectivity index (χ0n) is 6.35. The molecule has 4 nitrogen and oxygen atoms in total. The predicted octanol–water partition coefficient (Wildman–Crippen LogP) is 2.03. The van der Waals surface area contributed by atoms with Gasteiger partial charge < -0.3 is 0 Å². The minimum absolute atomic E-state index is 0.942. The third-order valence-electron chi connectivity index (χ3n) is 1.52. The van der Waals surface area contributed by atoms with E-state index in [1.54, 1.807) is 11.0 Å². The van der Waals surface area contributed by atoms with Crippen LogP contribution in [-0.4, -0.2) is 20.2 Å². The fourth-order valence-corrected chi connectivity index (χ4v) is 1.61. The molecule has 6 heteroatoms. The minimum Gasteiger partial charge on any atom is -0.201 e. The van der Waals surface area contributed by atoms with Crippen LogP contribution in [0.25, 0.3) is 5.69 Å². The maximum absolute atomic E-state index is 3.79. The van der Waals surface area contributed by atoms with Crippen LogP contribution in [0.15, 0.2) is 29.0 Å². The highest BCUT2D eigenvalue weighted by Gasteiger charge is 2.00. The molecule has 0 spiro atoms. The summed E-state index contributed by atoms with van der Waals surface area (Å²) in [6, 6.07) is 5.93. The first-order valence-corrected chi connectivity index (χ1v) is 5.33. The van der Waals surface area contributed by atoms with Crippen LogP contribution in [0.4, 0.5) is 0 Å². The number of rotatable bonds is 1.